The van der Waals surface area contributed by atoms with Crippen LogP contribution in [0.5, 0.6) is 0 Å². The molecule has 4 rings (SSSR count). The van der Waals surface area contributed by atoms with Crippen LogP contribution in [-0.4, -0.2) is 55.0 Å². The van der Waals surface area contributed by atoms with Gasteiger partial charge in [0, 0.05) is 41.4 Å². The number of rotatable bonds is 5. The van der Waals surface area contributed by atoms with Crippen molar-refractivity contribution in [2.45, 2.75) is 23.8 Å². The third-order valence-electron chi connectivity index (χ3n) is 5.28. The average Bonchev–Trinajstić information content (AvgIpc) is 2.73. The average molecular weight is 520 g/mol. The highest BCUT2D eigenvalue weighted by atomic mass is 79.9. The summed E-state index contributed by atoms with van der Waals surface area (Å²) in [6.07, 6.45) is 4.78. The quantitative estimate of drug-likeness (QED) is 0.465. The highest BCUT2D eigenvalue weighted by Gasteiger charge is 2.22. The van der Waals surface area contributed by atoms with Gasteiger partial charge in [-0.1, -0.05) is 15.9 Å². The summed E-state index contributed by atoms with van der Waals surface area (Å²) in [7, 11) is -3.52. The lowest BCUT2D eigenvalue weighted by atomic mass is 10.1. The third kappa shape index (κ3) is 4.94. The highest BCUT2D eigenvalue weighted by Crippen LogP contribution is 2.33. The molecule has 3 heterocycles. The van der Waals surface area contributed by atoms with Crippen molar-refractivity contribution in [3.8, 4) is 0 Å². The second kappa shape index (κ2) is 8.91. The molecule has 3 N–H and O–H groups in total. The molecule has 9 nitrogen and oxygen atoms in total. The van der Waals surface area contributed by atoms with Crippen molar-refractivity contribution in [2.24, 2.45) is 0 Å². The van der Waals surface area contributed by atoms with Gasteiger partial charge >= 0.3 is 6.09 Å². The Bertz CT molecular complexity index is 1270. The molecule has 0 radical (unpaired) electrons. The van der Waals surface area contributed by atoms with Gasteiger partial charge in [0.2, 0.25) is 0 Å². The van der Waals surface area contributed by atoms with E-state index >= 15 is 0 Å². The molecule has 0 bridgehead atoms. The first-order valence-corrected chi connectivity index (χ1v) is 12.6. The highest BCUT2D eigenvalue weighted by molar-refractivity contribution is 9.10. The predicted molar refractivity (Wildman–Crippen MR) is 126 cm³/mol. The maximum atomic E-state index is 12.4. The van der Waals surface area contributed by atoms with Crippen molar-refractivity contribution in [1.82, 2.24) is 15.3 Å². The first-order chi connectivity index (χ1) is 15.2. The summed E-state index contributed by atoms with van der Waals surface area (Å²) in [5.41, 5.74) is 1.73. The Balaban J connectivity index is 1.62. The topological polar surface area (TPSA) is 125 Å². The Labute approximate surface area is 193 Å². The molecular weight excluding hydrogens is 498 g/mol. The lowest BCUT2D eigenvalue weighted by molar-refractivity contribution is 0.188. The zero-order valence-corrected chi connectivity index (χ0v) is 19.6. The van der Waals surface area contributed by atoms with Crippen LogP contribution in [0, 0.1) is 0 Å². The molecule has 168 valence electrons. The largest absolute Gasteiger partial charge is 0.465 e. The van der Waals surface area contributed by atoms with E-state index in [1.807, 2.05) is 35.2 Å². The minimum absolute atomic E-state index is 0.103. The lowest BCUT2D eigenvalue weighted by Gasteiger charge is -2.33. The number of fused-ring (bicyclic) bond motifs is 1. The van der Waals surface area contributed by atoms with Crippen LogP contribution in [0.4, 0.5) is 22.0 Å². The standard InChI is InChI=1S/C21H22BrN5O4S/c1-32(30,31)18-11-23-17-6-4-13(22)9-16(17)20(18)25-14-5-7-19(24-10-14)27-8-2-3-15(12-27)26-21(28)29/h4-7,9-11,15,26H,2-3,8,12H2,1H3,(H,23,25)(H,28,29). The normalized spacial score (nSPS) is 16.7. The number of carboxylic acid groups (broad SMARTS) is 1. The second-order valence-corrected chi connectivity index (χ2v) is 10.6. The minimum atomic E-state index is -3.52. The summed E-state index contributed by atoms with van der Waals surface area (Å²) in [5, 5.41) is 15.4. The molecule has 1 amide bonds. The van der Waals surface area contributed by atoms with Gasteiger partial charge < -0.3 is 20.6 Å². The van der Waals surface area contributed by atoms with Crippen molar-refractivity contribution < 1.29 is 18.3 Å². The van der Waals surface area contributed by atoms with Gasteiger partial charge in [-0.25, -0.2) is 18.2 Å². The Hall–Kier alpha value is -2.92. The van der Waals surface area contributed by atoms with Crippen molar-refractivity contribution >= 4 is 60.0 Å². The fourth-order valence-electron chi connectivity index (χ4n) is 3.83. The summed E-state index contributed by atoms with van der Waals surface area (Å²) in [6, 6.07) is 9.01. The van der Waals surface area contributed by atoms with Gasteiger partial charge in [-0.2, -0.15) is 0 Å². The molecule has 2 aromatic heterocycles. The molecule has 1 aliphatic rings. The smallest absolute Gasteiger partial charge is 0.404 e. The molecule has 1 saturated heterocycles. The number of amides is 1. The van der Waals surface area contributed by atoms with Crippen LogP contribution in [0.3, 0.4) is 0 Å². The van der Waals surface area contributed by atoms with E-state index in [4.69, 9.17) is 5.11 Å². The zero-order chi connectivity index (χ0) is 22.9. The summed E-state index contributed by atoms with van der Waals surface area (Å²) in [6.45, 7) is 1.34. The van der Waals surface area contributed by atoms with Crippen molar-refractivity contribution in [3.05, 3.63) is 47.2 Å². The Kier molecular flexibility index (Phi) is 6.20. The molecule has 1 fully saturated rings. The van der Waals surface area contributed by atoms with Gasteiger partial charge in [0.1, 0.15) is 10.7 Å². The molecule has 11 heteroatoms. The number of benzene rings is 1. The molecule has 0 saturated carbocycles. The van der Waals surface area contributed by atoms with Gasteiger partial charge in [-0.05, 0) is 43.2 Å². The maximum absolute atomic E-state index is 12.4. The molecule has 3 aromatic rings. The van der Waals surface area contributed by atoms with E-state index in [9.17, 15) is 13.2 Å². The molecule has 0 aliphatic carbocycles. The van der Waals surface area contributed by atoms with Crippen LogP contribution in [-0.2, 0) is 9.84 Å². The van der Waals surface area contributed by atoms with Gasteiger partial charge in [0.05, 0.1) is 23.1 Å². The van der Waals surface area contributed by atoms with Crippen molar-refractivity contribution in [3.63, 3.8) is 0 Å². The Morgan fingerprint density at radius 1 is 1.22 bits per heavy atom. The summed E-state index contributed by atoms with van der Waals surface area (Å²) >= 11 is 3.44. The van der Waals surface area contributed by atoms with Gasteiger partial charge in [0.15, 0.2) is 9.84 Å². The number of halogens is 1. The molecule has 1 unspecified atom stereocenters. The number of pyridine rings is 2. The molecular formula is C21H22BrN5O4S. The Morgan fingerprint density at radius 2 is 2.03 bits per heavy atom. The van der Waals surface area contributed by atoms with Crippen LogP contribution >= 0.6 is 15.9 Å². The first kappa shape index (κ1) is 22.3. The van der Waals surface area contributed by atoms with Crippen LogP contribution in [0.25, 0.3) is 10.9 Å². The summed E-state index contributed by atoms with van der Waals surface area (Å²) in [5.74, 6) is 0.734. The van der Waals surface area contributed by atoms with E-state index in [1.54, 1.807) is 6.20 Å². The zero-order valence-electron chi connectivity index (χ0n) is 17.2. The van der Waals surface area contributed by atoms with E-state index in [0.717, 1.165) is 35.9 Å². The van der Waals surface area contributed by atoms with Crippen LogP contribution in [0.15, 0.2) is 52.1 Å². The minimum Gasteiger partial charge on any atom is -0.465 e. The molecule has 1 aromatic carbocycles. The van der Waals surface area contributed by atoms with Crippen molar-refractivity contribution in [1.29, 1.82) is 0 Å². The summed E-state index contributed by atoms with van der Waals surface area (Å²) < 4.78 is 25.6. The number of hydrogen-bond donors (Lipinski definition) is 3. The molecule has 32 heavy (non-hydrogen) atoms. The maximum Gasteiger partial charge on any atom is 0.404 e. The van der Waals surface area contributed by atoms with E-state index < -0.39 is 15.9 Å². The Morgan fingerprint density at radius 3 is 2.72 bits per heavy atom. The molecule has 0 spiro atoms. The van der Waals surface area contributed by atoms with E-state index in [2.05, 4.69) is 36.5 Å². The number of aromatic nitrogens is 2. The SMILES string of the molecule is CS(=O)(=O)c1cnc2ccc(Br)cc2c1Nc1ccc(N2CCCC(NC(=O)O)C2)nc1. The lowest BCUT2D eigenvalue weighted by Crippen LogP contribution is -2.47. The van der Waals surface area contributed by atoms with E-state index in [0.29, 0.717) is 28.8 Å². The third-order valence-corrected chi connectivity index (χ3v) is 6.89. The number of sulfone groups is 1. The number of nitrogens with one attached hydrogen (secondary N) is 2. The number of nitrogens with zero attached hydrogens (tertiary/aromatic N) is 3. The van der Waals surface area contributed by atoms with Gasteiger partial charge in [-0.3, -0.25) is 4.98 Å². The molecule has 1 aliphatic heterocycles. The summed E-state index contributed by atoms with van der Waals surface area (Å²) in [4.78, 5) is 21.9. The molecule has 1 atom stereocenters. The monoisotopic (exact) mass is 519 g/mol. The van der Waals surface area contributed by atoms with Crippen LogP contribution < -0.4 is 15.5 Å². The van der Waals surface area contributed by atoms with Gasteiger partial charge in [-0.15, -0.1) is 0 Å². The van der Waals surface area contributed by atoms with E-state index in [-0.39, 0.29) is 10.9 Å². The first-order valence-electron chi connectivity index (χ1n) is 9.96. The number of carbonyl (C=O) groups is 1. The fraction of sp³-hybridized carbons (Fsp3) is 0.286. The van der Waals surface area contributed by atoms with Crippen molar-refractivity contribution in [2.75, 3.05) is 29.6 Å². The fourth-order valence-corrected chi connectivity index (χ4v) is 4.96. The van der Waals surface area contributed by atoms with Crippen LogP contribution in [0.1, 0.15) is 12.8 Å². The number of anilines is 3. The predicted octanol–water partition coefficient (Wildman–Crippen LogP) is 3.78. The van der Waals surface area contributed by atoms with Crippen LogP contribution in [0.2, 0.25) is 0 Å². The number of hydrogen-bond acceptors (Lipinski definition) is 7. The second-order valence-electron chi connectivity index (χ2n) is 7.70. The van der Waals surface area contributed by atoms with E-state index in [1.165, 1.54) is 6.20 Å². The van der Waals surface area contributed by atoms with Gasteiger partial charge in [0.25, 0.3) is 0 Å². The number of piperidine rings is 1.